The summed E-state index contributed by atoms with van der Waals surface area (Å²) in [6.45, 7) is 12.1. The summed E-state index contributed by atoms with van der Waals surface area (Å²) in [7, 11) is 3.08. The third kappa shape index (κ3) is 2.36. The lowest BCUT2D eigenvalue weighted by molar-refractivity contribution is 0.687. The average molecular weight is 342 g/mol. The van der Waals surface area contributed by atoms with Crippen molar-refractivity contribution in [3.05, 3.63) is 49.9 Å². The van der Waals surface area contributed by atoms with Crippen LogP contribution in [-0.2, 0) is 20.6 Å². The van der Waals surface area contributed by atoms with E-state index in [2.05, 4.69) is 16.7 Å². The van der Waals surface area contributed by atoms with Gasteiger partial charge in [-0.05, 0) is 33.3 Å². The molecule has 0 aliphatic heterocycles. The summed E-state index contributed by atoms with van der Waals surface area (Å²) in [4.78, 5) is 29.6. The first-order chi connectivity index (χ1) is 11.6. The minimum Gasteiger partial charge on any atom is -0.298 e. The lowest BCUT2D eigenvalue weighted by atomic mass is 10.2. The quantitative estimate of drug-likeness (QED) is 0.668. The van der Waals surface area contributed by atoms with Crippen molar-refractivity contribution < 1.29 is 0 Å². The number of nitrogens with zero attached hydrogens (tertiary/aromatic N) is 6. The van der Waals surface area contributed by atoms with E-state index >= 15 is 0 Å². The molecule has 0 unspecified atom stereocenters. The summed E-state index contributed by atoms with van der Waals surface area (Å²) >= 11 is 0. The van der Waals surface area contributed by atoms with Crippen molar-refractivity contribution in [2.75, 3.05) is 0 Å². The summed E-state index contributed by atoms with van der Waals surface area (Å²) in [6.07, 6.45) is 0. The molecular formula is C17H22N6O2. The van der Waals surface area contributed by atoms with Gasteiger partial charge in [0.05, 0.1) is 5.69 Å². The summed E-state index contributed by atoms with van der Waals surface area (Å²) in [6, 6.07) is 0. The number of allylic oxidation sites excluding steroid dienone is 1. The Hall–Kier alpha value is -2.90. The predicted octanol–water partition coefficient (Wildman–Crippen LogP) is 1.12. The molecule has 0 amide bonds. The van der Waals surface area contributed by atoms with E-state index in [-0.39, 0.29) is 5.56 Å². The highest BCUT2D eigenvalue weighted by Crippen LogP contribution is 2.20. The van der Waals surface area contributed by atoms with Crippen LogP contribution in [0.4, 0.5) is 0 Å². The van der Waals surface area contributed by atoms with E-state index in [4.69, 9.17) is 0 Å². The van der Waals surface area contributed by atoms with E-state index in [0.717, 1.165) is 27.1 Å². The van der Waals surface area contributed by atoms with E-state index in [9.17, 15) is 9.59 Å². The van der Waals surface area contributed by atoms with Crippen molar-refractivity contribution in [2.24, 2.45) is 14.1 Å². The van der Waals surface area contributed by atoms with E-state index in [1.807, 2.05) is 27.7 Å². The van der Waals surface area contributed by atoms with Gasteiger partial charge in [0.2, 0.25) is 5.95 Å². The Morgan fingerprint density at radius 1 is 1.12 bits per heavy atom. The minimum atomic E-state index is -0.409. The van der Waals surface area contributed by atoms with Crippen molar-refractivity contribution in [3.8, 4) is 5.95 Å². The average Bonchev–Trinajstić information content (AvgIpc) is 3.03. The molecule has 132 valence electrons. The number of hydrogen-bond donors (Lipinski definition) is 0. The smallest absolute Gasteiger partial charge is 0.298 e. The first-order valence-electron chi connectivity index (χ1n) is 7.99. The lowest BCUT2D eigenvalue weighted by Crippen LogP contribution is -2.37. The number of imidazole rings is 1. The van der Waals surface area contributed by atoms with Crippen molar-refractivity contribution in [2.45, 2.75) is 34.2 Å². The van der Waals surface area contributed by atoms with Gasteiger partial charge < -0.3 is 0 Å². The molecule has 0 spiro atoms. The molecule has 0 radical (unpaired) electrons. The standard InChI is InChI=1S/C17H22N6O2/c1-9(2)8-22-13-14(20(6)17(25)21(7)15(13)24)18-16(22)23-12(5)10(3)11(4)19-23/h1,8H2,2-7H3. The normalized spacial score (nSPS) is 11.4. The van der Waals surface area contributed by atoms with E-state index in [0.29, 0.717) is 23.7 Å². The van der Waals surface area contributed by atoms with Crippen molar-refractivity contribution in [1.82, 2.24) is 28.5 Å². The maximum Gasteiger partial charge on any atom is 0.332 e. The van der Waals surface area contributed by atoms with Crippen LogP contribution in [0.2, 0.25) is 0 Å². The number of aryl methyl sites for hydroxylation is 2. The Balaban J connectivity index is 2.51. The van der Waals surface area contributed by atoms with Crippen LogP contribution in [0.5, 0.6) is 0 Å². The van der Waals surface area contributed by atoms with Gasteiger partial charge in [-0.3, -0.25) is 18.5 Å². The zero-order chi connectivity index (χ0) is 18.6. The molecule has 3 rings (SSSR count). The fourth-order valence-electron chi connectivity index (χ4n) is 2.93. The second-order valence-corrected chi connectivity index (χ2v) is 6.54. The van der Waals surface area contributed by atoms with Gasteiger partial charge in [0.1, 0.15) is 0 Å². The maximum atomic E-state index is 12.7. The molecule has 0 saturated carbocycles. The number of hydrogen-bond acceptors (Lipinski definition) is 4. The Bertz CT molecular complexity index is 1140. The Morgan fingerprint density at radius 3 is 2.28 bits per heavy atom. The van der Waals surface area contributed by atoms with Crippen LogP contribution in [0.3, 0.4) is 0 Å². The molecule has 0 aliphatic carbocycles. The third-order valence-electron chi connectivity index (χ3n) is 4.60. The first kappa shape index (κ1) is 16.9. The molecule has 3 aromatic rings. The summed E-state index contributed by atoms with van der Waals surface area (Å²) in [5, 5.41) is 4.55. The van der Waals surface area contributed by atoms with Crippen LogP contribution >= 0.6 is 0 Å². The molecule has 25 heavy (non-hydrogen) atoms. The zero-order valence-corrected chi connectivity index (χ0v) is 15.4. The molecular weight excluding hydrogens is 320 g/mol. The molecule has 8 heteroatoms. The summed E-state index contributed by atoms with van der Waals surface area (Å²) in [5.41, 5.74) is 3.70. The van der Waals surface area contributed by atoms with Gasteiger partial charge in [-0.1, -0.05) is 12.2 Å². The van der Waals surface area contributed by atoms with Crippen LogP contribution in [0.15, 0.2) is 21.7 Å². The van der Waals surface area contributed by atoms with Gasteiger partial charge >= 0.3 is 5.69 Å². The van der Waals surface area contributed by atoms with Gasteiger partial charge in [0, 0.05) is 26.3 Å². The molecule has 0 bridgehead atoms. The predicted molar refractivity (Wildman–Crippen MR) is 96.4 cm³/mol. The van der Waals surface area contributed by atoms with E-state index in [1.165, 1.54) is 11.6 Å². The maximum absolute atomic E-state index is 12.7. The molecule has 0 atom stereocenters. The van der Waals surface area contributed by atoms with Gasteiger partial charge in [-0.25, -0.2) is 9.48 Å². The van der Waals surface area contributed by atoms with Crippen molar-refractivity contribution >= 4 is 11.2 Å². The number of aromatic nitrogens is 6. The molecule has 0 saturated heterocycles. The molecule has 0 aliphatic rings. The Morgan fingerprint density at radius 2 is 1.76 bits per heavy atom. The highest BCUT2D eigenvalue weighted by atomic mass is 16.2. The zero-order valence-electron chi connectivity index (χ0n) is 15.4. The second kappa shape index (κ2) is 5.58. The fraction of sp³-hybridized carbons (Fsp3) is 0.412. The highest BCUT2D eigenvalue weighted by Gasteiger charge is 2.22. The lowest BCUT2D eigenvalue weighted by Gasteiger charge is -2.10. The topological polar surface area (TPSA) is 79.6 Å². The van der Waals surface area contributed by atoms with E-state index in [1.54, 1.807) is 16.3 Å². The van der Waals surface area contributed by atoms with E-state index < -0.39 is 5.69 Å². The van der Waals surface area contributed by atoms with Gasteiger partial charge in [-0.2, -0.15) is 10.1 Å². The van der Waals surface area contributed by atoms with Gasteiger partial charge in [0.25, 0.3) is 5.56 Å². The van der Waals surface area contributed by atoms with Gasteiger partial charge in [-0.15, -0.1) is 0 Å². The SMILES string of the molecule is C=C(C)Cn1c(-n2nc(C)c(C)c2C)nc2c1c(=O)n(C)c(=O)n2C. The molecule has 8 nitrogen and oxygen atoms in total. The first-order valence-corrected chi connectivity index (χ1v) is 7.99. The Kier molecular flexibility index (Phi) is 3.78. The van der Waals surface area contributed by atoms with Crippen LogP contribution in [-0.4, -0.2) is 28.5 Å². The van der Waals surface area contributed by atoms with Crippen molar-refractivity contribution in [3.63, 3.8) is 0 Å². The summed E-state index contributed by atoms with van der Waals surface area (Å²) < 4.78 is 5.97. The molecule has 0 N–H and O–H groups in total. The molecule has 0 aromatic carbocycles. The molecule has 3 aromatic heterocycles. The minimum absolute atomic E-state index is 0.342. The van der Waals surface area contributed by atoms with Gasteiger partial charge in [0.15, 0.2) is 11.2 Å². The fourth-order valence-corrected chi connectivity index (χ4v) is 2.93. The van der Waals surface area contributed by atoms with Crippen LogP contribution in [0, 0.1) is 20.8 Å². The monoisotopic (exact) mass is 342 g/mol. The highest BCUT2D eigenvalue weighted by molar-refractivity contribution is 5.73. The molecule has 0 fully saturated rings. The van der Waals surface area contributed by atoms with Crippen LogP contribution in [0.25, 0.3) is 17.1 Å². The third-order valence-corrected chi connectivity index (χ3v) is 4.60. The summed E-state index contributed by atoms with van der Waals surface area (Å²) in [5.74, 6) is 0.505. The second-order valence-electron chi connectivity index (χ2n) is 6.54. The Labute approximate surface area is 144 Å². The van der Waals surface area contributed by atoms with Crippen LogP contribution in [0.1, 0.15) is 23.9 Å². The van der Waals surface area contributed by atoms with Crippen LogP contribution < -0.4 is 11.2 Å². The number of fused-ring (bicyclic) bond motifs is 1. The number of rotatable bonds is 3. The van der Waals surface area contributed by atoms with Crippen molar-refractivity contribution in [1.29, 1.82) is 0 Å². The molecule has 3 heterocycles. The largest absolute Gasteiger partial charge is 0.332 e.